The van der Waals surface area contributed by atoms with E-state index in [2.05, 4.69) is 32.1 Å². The number of anilines is 1. The Morgan fingerprint density at radius 3 is 2.45 bits per heavy atom. The minimum absolute atomic E-state index is 0.0568. The molecule has 2 aromatic heterocycles. The Balaban J connectivity index is 1.23. The monoisotopic (exact) mass is 517 g/mol. The van der Waals surface area contributed by atoms with E-state index in [0.717, 1.165) is 4.90 Å². The molecule has 3 aromatic rings. The van der Waals surface area contributed by atoms with E-state index in [1.807, 2.05) is 0 Å². The van der Waals surface area contributed by atoms with Gasteiger partial charge in [0.15, 0.2) is 17.7 Å². The summed E-state index contributed by atoms with van der Waals surface area (Å²) >= 11 is 0. The van der Waals surface area contributed by atoms with Gasteiger partial charge in [-0.15, -0.1) is 0 Å². The summed E-state index contributed by atoms with van der Waals surface area (Å²) in [6.07, 6.45) is 1.16. The number of hydrogen-bond acceptors (Lipinski definition) is 10. The predicted molar refractivity (Wildman–Crippen MR) is 134 cm³/mol. The number of carbonyl (C=O) groups excluding carboxylic acids is 2. The molecular formula is C26H27N7O5. The topological polar surface area (TPSA) is 169 Å². The van der Waals surface area contributed by atoms with E-state index in [9.17, 15) is 19.8 Å². The number of imidazole rings is 1. The minimum Gasteiger partial charge on any atom is -0.383 e. The highest BCUT2D eigenvalue weighted by atomic mass is 16.6. The Bertz CT molecular complexity index is 1520. The maximum absolute atomic E-state index is 12.6. The second kappa shape index (κ2) is 8.05. The lowest BCUT2D eigenvalue weighted by atomic mass is 9.94. The van der Waals surface area contributed by atoms with Crippen LogP contribution in [0.2, 0.25) is 0 Å². The van der Waals surface area contributed by atoms with Crippen molar-refractivity contribution in [2.75, 3.05) is 19.3 Å². The molecule has 1 saturated heterocycles. The fraction of sp³-hybridized carbons (Fsp3) is 0.423. The SMILES string of the molecule is CNC(CC#CCN1C(=O)c2ccccc2C1=O)[C@H]1O[C@@H](n2cnc3c(N)ncnc32)[C@@]2(O)C(C)(C)[C@@]12O. The maximum atomic E-state index is 12.6. The number of nitrogen functional groups attached to an aromatic ring is 1. The van der Waals surface area contributed by atoms with Gasteiger partial charge in [0.2, 0.25) is 0 Å². The molecule has 196 valence electrons. The van der Waals surface area contributed by atoms with Gasteiger partial charge in [-0.3, -0.25) is 19.1 Å². The number of imide groups is 1. The number of benzene rings is 1. The molecule has 5 atom stereocenters. The largest absolute Gasteiger partial charge is 0.383 e. The Morgan fingerprint density at radius 1 is 1.11 bits per heavy atom. The highest BCUT2D eigenvalue weighted by molar-refractivity contribution is 6.21. The first-order valence-electron chi connectivity index (χ1n) is 12.2. The van der Waals surface area contributed by atoms with Gasteiger partial charge in [-0.2, -0.15) is 0 Å². The van der Waals surface area contributed by atoms with Crippen molar-refractivity contribution in [3.8, 4) is 11.8 Å². The highest BCUT2D eigenvalue weighted by Gasteiger charge is 2.93. The summed E-state index contributed by atoms with van der Waals surface area (Å²) in [5, 5.41) is 26.6. The molecule has 0 bridgehead atoms. The van der Waals surface area contributed by atoms with E-state index >= 15 is 0 Å². The second-order valence-electron chi connectivity index (χ2n) is 10.3. The van der Waals surface area contributed by atoms with Crippen LogP contribution < -0.4 is 11.1 Å². The molecule has 1 unspecified atom stereocenters. The quantitative estimate of drug-likeness (QED) is 0.269. The lowest BCUT2D eigenvalue weighted by molar-refractivity contribution is -0.120. The van der Waals surface area contributed by atoms with Gasteiger partial charge in [0.25, 0.3) is 11.8 Å². The van der Waals surface area contributed by atoms with Crippen LogP contribution in [0.1, 0.15) is 47.2 Å². The fourth-order valence-corrected chi connectivity index (χ4v) is 6.06. The number of fused-ring (bicyclic) bond motifs is 3. The van der Waals surface area contributed by atoms with Gasteiger partial charge in [0.1, 0.15) is 29.2 Å². The molecule has 1 aromatic carbocycles. The highest BCUT2D eigenvalue weighted by Crippen LogP contribution is 2.76. The molecule has 38 heavy (non-hydrogen) atoms. The molecule has 0 spiro atoms. The predicted octanol–water partition coefficient (Wildman–Crippen LogP) is 0.0856. The number of nitrogens with zero attached hydrogens (tertiary/aromatic N) is 5. The number of rotatable bonds is 5. The van der Waals surface area contributed by atoms with Gasteiger partial charge in [0.05, 0.1) is 24.0 Å². The molecule has 2 aliphatic heterocycles. The summed E-state index contributed by atoms with van der Waals surface area (Å²) in [5.41, 5.74) is 3.25. The average molecular weight is 518 g/mol. The normalized spacial score (nSPS) is 29.7. The zero-order valence-electron chi connectivity index (χ0n) is 21.0. The molecule has 1 saturated carbocycles. The summed E-state index contributed by atoms with van der Waals surface area (Å²) in [5.74, 6) is 5.36. The first-order valence-corrected chi connectivity index (χ1v) is 12.2. The Hall–Kier alpha value is -3.89. The van der Waals surface area contributed by atoms with E-state index in [-0.39, 0.29) is 30.6 Å². The van der Waals surface area contributed by atoms with Crippen molar-refractivity contribution in [1.82, 2.24) is 29.7 Å². The standard InChI is InChI=1S/C26H27N7O5/c1-24(2)25(36)18(38-23(26(24,25)37)33-13-31-17-19(27)29-12-30-20(17)33)16(28-3)10-6-7-11-32-21(34)14-8-4-5-9-15(14)22(32)35/h4-5,8-9,12-13,16,18,23,28,36-37H,10-11H2,1-3H3,(H2,27,29,30)/t16?,18-,23-,25+,26-/m1/s1. The zero-order valence-corrected chi connectivity index (χ0v) is 21.0. The molecule has 2 fully saturated rings. The zero-order chi connectivity index (χ0) is 27.0. The van der Waals surface area contributed by atoms with E-state index in [4.69, 9.17) is 10.5 Å². The van der Waals surface area contributed by atoms with Crippen LogP contribution in [0.3, 0.4) is 0 Å². The van der Waals surface area contributed by atoms with Crippen molar-refractivity contribution in [3.63, 3.8) is 0 Å². The summed E-state index contributed by atoms with van der Waals surface area (Å²) in [6, 6.07) is 6.19. The van der Waals surface area contributed by atoms with Crippen LogP contribution in [0.5, 0.6) is 0 Å². The second-order valence-corrected chi connectivity index (χ2v) is 10.3. The van der Waals surface area contributed by atoms with Crippen LogP contribution >= 0.6 is 0 Å². The van der Waals surface area contributed by atoms with Gasteiger partial charge in [-0.1, -0.05) is 37.8 Å². The number of amides is 2. The Kier molecular flexibility index (Phi) is 5.18. The molecule has 12 nitrogen and oxygen atoms in total. The first kappa shape index (κ1) is 24.4. The van der Waals surface area contributed by atoms with Crippen LogP contribution in [-0.4, -0.2) is 83.4 Å². The van der Waals surface area contributed by atoms with Gasteiger partial charge in [0, 0.05) is 17.9 Å². The number of aromatic nitrogens is 4. The van der Waals surface area contributed by atoms with E-state index in [0.29, 0.717) is 22.3 Å². The number of carbonyl (C=O) groups is 2. The molecule has 12 heteroatoms. The van der Waals surface area contributed by atoms with Crippen molar-refractivity contribution in [2.24, 2.45) is 5.41 Å². The van der Waals surface area contributed by atoms with E-state index < -0.39 is 35.0 Å². The van der Waals surface area contributed by atoms with Gasteiger partial charge in [-0.05, 0) is 19.2 Å². The maximum Gasteiger partial charge on any atom is 0.262 e. The van der Waals surface area contributed by atoms with Crippen molar-refractivity contribution < 1.29 is 24.5 Å². The molecular weight excluding hydrogens is 490 g/mol. The molecule has 6 rings (SSSR count). The van der Waals surface area contributed by atoms with E-state index in [1.54, 1.807) is 49.7 Å². The minimum atomic E-state index is -1.64. The lowest BCUT2D eigenvalue weighted by Gasteiger charge is -2.31. The fourth-order valence-electron chi connectivity index (χ4n) is 6.06. The number of nitrogens with one attached hydrogen (secondary N) is 1. The third kappa shape index (κ3) is 2.87. The van der Waals surface area contributed by atoms with E-state index in [1.165, 1.54) is 12.7 Å². The van der Waals surface area contributed by atoms with Crippen LogP contribution in [0.15, 0.2) is 36.9 Å². The van der Waals surface area contributed by atoms with Crippen molar-refractivity contribution in [2.45, 2.75) is 49.8 Å². The van der Waals surface area contributed by atoms with Crippen molar-refractivity contribution >= 4 is 28.8 Å². The number of aliphatic hydroxyl groups is 2. The molecule has 3 aliphatic rings. The third-order valence-corrected chi connectivity index (χ3v) is 8.41. The summed E-state index contributed by atoms with van der Waals surface area (Å²) in [6.45, 7) is 3.50. The van der Waals surface area contributed by atoms with Crippen LogP contribution in [0, 0.1) is 17.3 Å². The Morgan fingerprint density at radius 2 is 1.79 bits per heavy atom. The first-order chi connectivity index (χ1) is 18.1. The number of nitrogens with two attached hydrogens (primary N) is 1. The molecule has 4 heterocycles. The Labute approximate surface area is 217 Å². The van der Waals surface area contributed by atoms with Crippen LogP contribution in [0.4, 0.5) is 5.82 Å². The smallest absolute Gasteiger partial charge is 0.262 e. The molecule has 2 amide bonds. The molecule has 0 radical (unpaired) electrons. The molecule has 1 aliphatic carbocycles. The van der Waals surface area contributed by atoms with Gasteiger partial charge < -0.3 is 26.0 Å². The average Bonchev–Trinajstić information content (AvgIpc) is 3.35. The van der Waals surface area contributed by atoms with Gasteiger partial charge >= 0.3 is 0 Å². The van der Waals surface area contributed by atoms with Crippen LogP contribution in [-0.2, 0) is 4.74 Å². The summed E-state index contributed by atoms with van der Waals surface area (Å²) in [4.78, 5) is 38.8. The molecule has 5 N–H and O–H groups in total. The third-order valence-electron chi connectivity index (χ3n) is 8.41. The van der Waals surface area contributed by atoms with Crippen molar-refractivity contribution in [3.05, 3.63) is 48.0 Å². The summed E-state index contributed by atoms with van der Waals surface area (Å²) < 4.78 is 7.85. The van der Waals surface area contributed by atoms with Crippen molar-refractivity contribution in [1.29, 1.82) is 0 Å². The number of likely N-dealkylation sites (N-methyl/N-ethyl adjacent to an activating group) is 1. The number of ether oxygens (including phenoxy) is 1. The van der Waals surface area contributed by atoms with Crippen LogP contribution in [0.25, 0.3) is 11.2 Å². The van der Waals surface area contributed by atoms with Gasteiger partial charge in [-0.25, -0.2) is 15.0 Å². The lowest BCUT2D eigenvalue weighted by Crippen LogP contribution is -2.48. The summed E-state index contributed by atoms with van der Waals surface area (Å²) in [7, 11) is 1.71. The number of hydrogen-bond donors (Lipinski definition) is 4.